The van der Waals surface area contributed by atoms with Crippen molar-refractivity contribution >= 4 is 23.2 Å². The molecule has 0 aliphatic carbocycles. The smallest absolute Gasteiger partial charge is 0.225 e. The standard InChI is InChI=1S/C26H32N6O2/c1-31(2)15-13-25(33)29-21-9-5-19(6-10-21)23-17-24(28-18-27-23)20-7-11-22(12-8-20)30-26(34)14-16-32(3)4/h5-12,17-18H,13-16H2,1-4H3,(H,29,33)(H,30,34). The summed E-state index contributed by atoms with van der Waals surface area (Å²) in [7, 11) is 7.77. The second kappa shape index (κ2) is 12.0. The van der Waals surface area contributed by atoms with E-state index < -0.39 is 0 Å². The van der Waals surface area contributed by atoms with Crippen molar-refractivity contribution in [1.82, 2.24) is 19.8 Å². The Bertz CT molecular complexity index is 1010. The molecule has 8 nitrogen and oxygen atoms in total. The van der Waals surface area contributed by atoms with Crippen LogP contribution in [0.25, 0.3) is 22.5 Å². The topological polar surface area (TPSA) is 90.5 Å². The van der Waals surface area contributed by atoms with Crippen LogP contribution in [0.1, 0.15) is 12.8 Å². The Morgan fingerprint density at radius 1 is 0.676 bits per heavy atom. The van der Waals surface area contributed by atoms with Gasteiger partial charge in [0.1, 0.15) is 6.33 Å². The molecule has 1 aromatic heterocycles. The molecule has 3 rings (SSSR count). The summed E-state index contributed by atoms with van der Waals surface area (Å²) in [6.07, 6.45) is 2.43. The number of carbonyl (C=O) groups is 2. The highest BCUT2D eigenvalue weighted by Crippen LogP contribution is 2.25. The minimum atomic E-state index is -0.0110. The van der Waals surface area contributed by atoms with Crippen molar-refractivity contribution in [2.75, 3.05) is 51.9 Å². The maximum Gasteiger partial charge on any atom is 0.225 e. The lowest BCUT2D eigenvalue weighted by Crippen LogP contribution is -2.20. The molecule has 0 fully saturated rings. The zero-order valence-corrected chi connectivity index (χ0v) is 20.2. The van der Waals surface area contributed by atoms with E-state index in [4.69, 9.17) is 0 Å². The van der Waals surface area contributed by atoms with Gasteiger partial charge in [0.25, 0.3) is 0 Å². The fraction of sp³-hybridized carbons (Fsp3) is 0.308. The number of anilines is 2. The van der Waals surface area contributed by atoms with Crippen LogP contribution in [0, 0.1) is 0 Å². The highest BCUT2D eigenvalue weighted by atomic mass is 16.2. The maximum atomic E-state index is 12.0. The lowest BCUT2D eigenvalue weighted by Gasteiger charge is -2.11. The van der Waals surface area contributed by atoms with Gasteiger partial charge in [-0.3, -0.25) is 9.59 Å². The van der Waals surface area contributed by atoms with Crippen molar-refractivity contribution in [2.45, 2.75) is 12.8 Å². The molecule has 2 amide bonds. The number of amides is 2. The van der Waals surface area contributed by atoms with Gasteiger partial charge in [0.15, 0.2) is 0 Å². The summed E-state index contributed by atoms with van der Waals surface area (Å²) >= 11 is 0. The summed E-state index contributed by atoms with van der Waals surface area (Å²) in [6.45, 7) is 1.41. The van der Waals surface area contributed by atoms with Gasteiger partial charge in [-0.2, -0.15) is 0 Å². The summed E-state index contributed by atoms with van der Waals surface area (Å²) in [6, 6.07) is 17.1. The molecule has 0 saturated carbocycles. The summed E-state index contributed by atoms with van der Waals surface area (Å²) < 4.78 is 0. The third kappa shape index (κ3) is 7.75. The quantitative estimate of drug-likeness (QED) is 0.481. The van der Waals surface area contributed by atoms with Gasteiger partial charge in [-0.15, -0.1) is 0 Å². The van der Waals surface area contributed by atoms with Gasteiger partial charge in [0.05, 0.1) is 11.4 Å². The van der Waals surface area contributed by atoms with Crippen molar-refractivity contribution in [3.63, 3.8) is 0 Å². The molecule has 0 atom stereocenters. The Morgan fingerprint density at radius 3 is 1.41 bits per heavy atom. The van der Waals surface area contributed by atoms with E-state index in [9.17, 15) is 9.59 Å². The summed E-state index contributed by atoms with van der Waals surface area (Å²) in [5.41, 5.74) is 4.95. The predicted molar refractivity (Wildman–Crippen MR) is 137 cm³/mol. The molecular formula is C26H32N6O2. The van der Waals surface area contributed by atoms with Crippen LogP contribution in [0.2, 0.25) is 0 Å². The van der Waals surface area contributed by atoms with Crippen molar-refractivity contribution in [2.24, 2.45) is 0 Å². The third-order valence-corrected chi connectivity index (χ3v) is 5.17. The maximum absolute atomic E-state index is 12.0. The predicted octanol–water partition coefficient (Wildman–Crippen LogP) is 3.59. The molecule has 0 aliphatic rings. The first-order valence-electron chi connectivity index (χ1n) is 11.2. The summed E-state index contributed by atoms with van der Waals surface area (Å²) in [5, 5.41) is 5.83. The van der Waals surface area contributed by atoms with Crippen LogP contribution >= 0.6 is 0 Å². The van der Waals surface area contributed by atoms with E-state index in [1.54, 1.807) is 6.33 Å². The Labute approximate surface area is 201 Å². The number of nitrogens with zero attached hydrogens (tertiary/aromatic N) is 4. The SMILES string of the molecule is CN(C)CCC(=O)Nc1ccc(-c2cc(-c3ccc(NC(=O)CCN(C)C)cc3)ncn2)cc1. The van der Waals surface area contributed by atoms with Crippen LogP contribution in [0.5, 0.6) is 0 Å². The van der Waals surface area contributed by atoms with E-state index in [1.165, 1.54) is 0 Å². The lowest BCUT2D eigenvalue weighted by atomic mass is 10.1. The van der Waals surface area contributed by atoms with Crippen LogP contribution in [-0.2, 0) is 9.59 Å². The monoisotopic (exact) mass is 460 g/mol. The van der Waals surface area contributed by atoms with E-state index in [2.05, 4.69) is 20.6 Å². The average molecular weight is 461 g/mol. The zero-order valence-electron chi connectivity index (χ0n) is 20.2. The second-order valence-electron chi connectivity index (χ2n) is 8.65. The minimum Gasteiger partial charge on any atom is -0.326 e. The number of hydrogen-bond donors (Lipinski definition) is 2. The molecule has 0 unspecified atom stereocenters. The van der Waals surface area contributed by atoms with Gasteiger partial charge in [0.2, 0.25) is 11.8 Å². The fourth-order valence-corrected chi connectivity index (χ4v) is 3.22. The lowest BCUT2D eigenvalue weighted by molar-refractivity contribution is -0.117. The molecule has 8 heteroatoms. The molecule has 2 N–H and O–H groups in total. The van der Waals surface area contributed by atoms with Crippen molar-refractivity contribution in [3.05, 3.63) is 60.9 Å². The Kier molecular flexibility index (Phi) is 8.84. The summed E-state index contributed by atoms with van der Waals surface area (Å²) in [4.78, 5) is 36.8. The van der Waals surface area contributed by atoms with Crippen LogP contribution < -0.4 is 10.6 Å². The molecule has 0 spiro atoms. The van der Waals surface area contributed by atoms with Crippen molar-refractivity contribution < 1.29 is 9.59 Å². The highest BCUT2D eigenvalue weighted by Gasteiger charge is 2.08. The van der Waals surface area contributed by atoms with E-state index in [-0.39, 0.29) is 11.8 Å². The van der Waals surface area contributed by atoms with Crippen LogP contribution in [0.15, 0.2) is 60.9 Å². The second-order valence-corrected chi connectivity index (χ2v) is 8.65. The number of nitrogens with one attached hydrogen (secondary N) is 2. The first kappa shape index (κ1) is 25.0. The minimum absolute atomic E-state index is 0.0110. The Hall–Kier alpha value is -3.62. The third-order valence-electron chi connectivity index (χ3n) is 5.17. The molecule has 0 radical (unpaired) electrons. The molecular weight excluding hydrogens is 428 g/mol. The van der Waals surface area contributed by atoms with Crippen LogP contribution in [-0.4, -0.2) is 72.9 Å². The molecule has 0 aliphatic heterocycles. The Morgan fingerprint density at radius 2 is 1.06 bits per heavy atom. The molecule has 2 aromatic carbocycles. The average Bonchev–Trinajstić information content (AvgIpc) is 2.82. The van der Waals surface area contributed by atoms with Crippen molar-refractivity contribution in [1.29, 1.82) is 0 Å². The van der Waals surface area contributed by atoms with Gasteiger partial charge < -0.3 is 20.4 Å². The molecule has 3 aromatic rings. The summed E-state index contributed by atoms with van der Waals surface area (Å²) in [5.74, 6) is -0.0220. The van der Waals surface area contributed by atoms with Crippen LogP contribution in [0.4, 0.5) is 11.4 Å². The van der Waals surface area contributed by atoms with Gasteiger partial charge in [-0.05, 0) is 58.5 Å². The van der Waals surface area contributed by atoms with Gasteiger partial charge in [0, 0.05) is 48.4 Å². The number of hydrogen-bond acceptors (Lipinski definition) is 6. The normalized spacial score (nSPS) is 11.0. The van der Waals surface area contributed by atoms with Gasteiger partial charge >= 0.3 is 0 Å². The van der Waals surface area contributed by atoms with E-state index in [0.29, 0.717) is 25.9 Å². The number of benzene rings is 2. The molecule has 0 bridgehead atoms. The largest absolute Gasteiger partial charge is 0.326 e. The number of carbonyl (C=O) groups excluding carboxylic acids is 2. The van der Waals surface area contributed by atoms with E-state index in [1.807, 2.05) is 92.6 Å². The van der Waals surface area contributed by atoms with Crippen molar-refractivity contribution in [3.8, 4) is 22.5 Å². The number of aromatic nitrogens is 2. The number of rotatable bonds is 10. The van der Waals surface area contributed by atoms with Gasteiger partial charge in [-0.1, -0.05) is 24.3 Å². The van der Waals surface area contributed by atoms with E-state index >= 15 is 0 Å². The van der Waals surface area contributed by atoms with Gasteiger partial charge in [-0.25, -0.2) is 9.97 Å². The fourth-order valence-electron chi connectivity index (χ4n) is 3.22. The first-order chi connectivity index (χ1) is 16.3. The molecule has 1 heterocycles. The molecule has 0 saturated heterocycles. The highest BCUT2D eigenvalue weighted by molar-refractivity contribution is 5.91. The zero-order chi connectivity index (χ0) is 24.5. The molecule has 178 valence electrons. The molecule has 34 heavy (non-hydrogen) atoms. The first-order valence-corrected chi connectivity index (χ1v) is 11.2. The van der Waals surface area contributed by atoms with E-state index in [0.717, 1.165) is 33.9 Å². The van der Waals surface area contributed by atoms with Crippen LogP contribution in [0.3, 0.4) is 0 Å². The Balaban J connectivity index is 1.64.